The molecule has 0 N–H and O–H groups in total. The fourth-order valence-corrected chi connectivity index (χ4v) is 4.45. The number of ether oxygens (including phenoxy) is 2. The second-order valence-corrected chi connectivity index (χ2v) is 8.14. The van der Waals surface area contributed by atoms with Gasteiger partial charge in [-0.2, -0.15) is 0 Å². The van der Waals surface area contributed by atoms with Gasteiger partial charge in [0.1, 0.15) is 17.0 Å². The van der Waals surface area contributed by atoms with Crippen LogP contribution < -0.4 is 14.4 Å². The van der Waals surface area contributed by atoms with Crippen LogP contribution in [0.25, 0.3) is 10.2 Å². The zero-order valence-electron chi connectivity index (χ0n) is 18.8. The fraction of sp³-hybridized carbons (Fsp3) is 0.417. The van der Waals surface area contributed by atoms with Crippen LogP contribution in [0, 0.1) is 0 Å². The molecule has 2 aromatic carbocycles. The van der Waals surface area contributed by atoms with Gasteiger partial charge >= 0.3 is 0 Å². The van der Waals surface area contributed by atoms with Crippen molar-refractivity contribution >= 4 is 32.6 Å². The summed E-state index contributed by atoms with van der Waals surface area (Å²) in [5.74, 6) is 1.58. The van der Waals surface area contributed by atoms with Crippen molar-refractivity contribution in [2.45, 2.75) is 27.2 Å². The first-order valence-corrected chi connectivity index (χ1v) is 11.6. The van der Waals surface area contributed by atoms with Crippen LogP contribution in [-0.4, -0.2) is 55.7 Å². The van der Waals surface area contributed by atoms with Gasteiger partial charge in [0.05, 0.1) is 24.8 Å². The average molecular weight is 442 g/mol. The molecule has 0 fully saturated rings. The van der Waals surface area contributed by atoms with Crippen molar-refractivity contribution in [1.82, 2.24) is 9.88 Å². The molecule has 0 bridgehead atoms. The molecule has 31 heavy (non-hydrogen) atoms. The molecule has 0 saturated heterocycles. The minimum atomic E-state index is 0.0364. The summed E-state index contributed by atoms with van der Waals surface area (Å²) in [6.45, 7) is 10.1. The number of methoxy groups -OCH3 is 1. The van der Waals surface area contributed by atoms with E-state index >= 15 is 0 Å². The summed E-state index contributed by atoms with van der Waals surface area (Å²) < 4.78 is 12.0. The lowest BCUT2D eigenvalue weighted by molar-refractivity contribution is -0.118. The first-order valence-electron chi connectivity index (χ1n) is 10.8. The highest BCUT2D eigenvalue weighted by molar-refractivity contribution is 7.22. The lowest BCUT2D eigenvalue weighted by Gasteiger charge is -2.24. The maximum atomic E-state index is 13.4. The van der Waals surface area contributed by atoms with Crippen LogP contribution >= 0.6 is 11.3 Å². The van der Waals surface area contributed by atoms with E-state index in [4.69, 9.17) is 14.5 Å². The quantitative estimate of drug-likeness (QED) is 0.435. The van der Waals surface area contributed by atoms with E-state index in [1.165, 1.54) is 11.3 Å². The summed E-state index contributed by atoms with van der Waals surface area (Å²) >= 11 is 1.53. The Balaban J connectivity index is 1.88. The topological polar surface area (TPSA) is 54.9 Å². The first kappa shape index (κ1) is 23.0. The van der Waals surface area contributed by atoms with Gasteiger partial charge in [-0.25, -0.2) is 4.98 Å². The maximum absolute atomic E-state index is 13.4. The highest BCUT2D eigenvalue weighted by Gasteiger charge is 2.22. The molecule has 0 aliphatic carbocycles. The highest BCUT2D eigenvalue weighted by Crippen LogP contribution is 2.34. The molecule has 1 aromatic heterocycles. The second kappa shape index (κ2) is 11.1. The number of hydrogen-bond acceptors (Lipinski definition) is 6. The van der Waals surface area contributed by atoms with Gasteiger partial charge in [0.2, 0.25) is 5.91 Å². The molecular formula is C24H31N3O3S. The van der Waals surface area contributed by atoms with Gasteiger partial charge in [-0.15, -0.1) is 0 Å². The Morgan fingerprint density at radius 3 is 2.42 bits per heavy atom. The van der Waals surface area contributed by atoms with E-state index in [9.17, 15) is 4.79 Å². The molecule has 166 valence electrons. The lowest BCUT2D eigenvalue weighted by atomic mass is 10.1. The minimum Gasteiger partial charge on any atom is -0.497 e. The standard InChI is InChI=1S/C24H31N3O3S/c1-5-26(6-2)15-16-27(22(28)17-18-11-13-19(29-4)14-12-18)24-25-23-20(30-7-3)9-8-10-21(23)31-24/h8-14H,5-7,15-17H2,1-4H3. The summed E-state index contributed by atoms with van der Waals surface area (Å²) in [6.07, 6.45) is 0.316. The van der Waals surface area contributed by atoms with Crippen molar-refractivity contribution in [2.75, 3.05) is 44.8 Å². The molecule has 1 heterocycles. The first-order chi connectivity index (χ1) is 15.1. The van der Waals surface area contributed by atoms with Gasteiger partial charge in [-0.3, -0.25) is 9.69 Å². The molecule has 0 radical (unpaired) electrons. The molecule has 1 amide bonds. The SMILES string of the molecule is CCOc1cccc2sc(N(CCN(CC)CC)C(=O)Cc3ccc(OC)cc3)nc12. The number of carbonyl (C=O) groups is 1. The normalized spacial score (nSPS) is 11.1. The van der Waals surface area contributed by atoms with Crippen LogP contribution in [0.4, 0.5) is 5.13 Å². The Kier molecular flexibility index (Phi) is 8.26. The molecule has 0 saturated carbocycles. The molecule has 0 aliphatic heterocycles. The average Bonchev–Trinajstić information content (AvgIpc) is 3.22. The van der Waals surface area contributed by atoms with Crippen molar-refractivity contribution in [1.29, 1.82) is 0 Å². The van der Waals surface area contributed by atoms with Gasteiger partial charge in [-0.05, 0) is 49.8 Å². The Labute approximate surface area is 188 Å². The number of thiazole rings is 1. The van der Waals surface area contributed by atoms with E-state index in [2.05, 4.69) is 18.7 Å². The van der Waals surface area contributed by atoms with E-state index in [1.54, 1.807) is 7.11 Å². The van der Waals surface area contributed by atoms with Gasteiger partial charge < -0.3 is 14.4 Å². The predicted octanol–water partition coefficient (Wildman–Crippen LogP) is 4.62. The number of hydrogen-bond donors (Lipinski definition) is 0. The fourth-order valence-electron chi connectivity index (χ4n) is 3.42. The Morgan fingerprint density at radius 2 is 1.77 bits per heavy atom. The van der Waals surface area contributed by atoms with Crippen molar-refractivity contribution in [3.63, 3.8) is 0 Å². The van der Waals surface area contributed by atoms with Crippen LogP contribution in [0.3, 0.4) is 0 Å². The summed E-state index contributed by atoms with van der Waals surface area (Å²) in [5.41, 5.74) is 1.77. The number of carbonyl (C=O) groups excluding carboxylic acids is 1. The zero-order chi connectivity index (χ0) is 22.2. The Hall–Kier alpha value is -2.64. The lowest BCUT2D eigenvalue weighted by Crippen LogP contribution is -2.39. The molecule has 0 atom stereocenters. The summed E-state index contributed by atoms with van der Waals surface area (Å²) in [4.78, 5) is 22.3. The van der Waals surface area contributed by atoms with Crippen molar-refractivity contribution in [2.24, 2.45) is 0 Å². The molecule has 0 spiro atoms. The number of para-hydroxylation sites is 1. The van der Waals surface area contributed by atoms with Crippen LogP contribution in [-0.2, 0) is 11.2 Å². The summed E-state index contributed by atoms with van der Waals surface area (Å²) in [7, 11) is 1.64. The Bertz CT molecular complexity index is 983. The third-order valence-corrected chi connectivity index (χ3v) is 6.29. The number of fused-ring (bicyclic) bond motifs is 1. The zero-order valence-corrected chi connectivity index (χ0v) is 19.6. The van der Waals surface area contributed by atoms with Gasteiger partial charge in [0, 0.05) is 13.1 Å². The second-order valence-electron chi connectivity index (χ2n) is 7.13. The van der Waals surface area contributed by atoms with Gasteiger partial charge in [0.25, 0.3) is 0 Å². The van der Waals surface area contributed by atoms with Crippen LogP contribution in [0.5, 0.6) is 11.5 Å². The minimum absolute atomic E-state index is 0.0364. The number of anilines is 1. The van der Waals surface area contributed by atoms with E-state index < -0.39 is 0 Å². The molecule has 3 rings (SSSR count). The van der Waals surface area contributed by atoms with Crippen LogP contribution in [0.2, 0.25) is 0 Å². The van der Waals surface area contributed by atoms with Gasteiger partial charge in [0.15, 0.2) is 5.13 Å². The van der Waals surface area contributed by atoms with Crippen LogP contribution in [0.1, 0.15) is 26.3 Å². The van der Waals surface area contributed by atoms with E-state index in [1.807, 2.05) is 54.3 Å². The smallest absolute Gasteiger partial charge is 0.233 e. The molecule has 3 aromatic rings. The molecule has 6 nitrogen and oxygen atoms in total. The Morgan fingerprint density at radius 1 is 1.03 bits per heavy atom. The van der Waals surface area contributed by atoms with E-state index in [0.29, 0.717) is 24.7 Å². The third kappa shape index (κ3) is 5.74. The van der Waals surface area contributed by atoms with E-state index in [-0.39, 0.29) is 5.91 Å². The van der Waals surface area contributed by atoms with Crippen molar-refractivity contribution in [3.8, 4) is 11.5 Å². The number of likely N-dealkylation sites (N-methyl/N-ethyl adjacent to an activating group) is 1. The number of rotatable bonds is 11. The monoisotopic (exact) mass is 441 g/mol. The number of amides is 1. The number of nitrogens with zero attached hydrogens (tertiary/aromatic N) is 3. The summed E-state index contributed by atoms with van der Waals surface area (Å²) in [6, 6.07) is 13.6. The van der Waals surface area contributed by atoms with Crippen molar-refractivity contribution < 1.29 is 14.3 Å². The highest BCUT2D eigenvalue weighted by atomic mass is 32.1. The number of aromatic nitrogens is 1. The van der Waals surface area contributed by atoms with Gasteiger partial charge in [-0.1, -0.05) is 43.4 Å². The van der Waals surface area contributed by atoms with Crippen molar-refractivity contribution in [3.05, 3.63) is 48.0 Å². The molecular weight excluding hydrogens is 410 g/mol. The predicted molar refractivity (Wildman–Crippen MR) is 128 cm³/mol. The third-order valence-electron chi connectivity index (χ3n) is 5.25. The molecule has 7 heteroatoms. The largest absolute Gasteiger partial charge is 0.497 e. The summed E-state index contributed by atoms with van der Waals surface area (Å²) in [5, 5.41) is 0.716. The van der Waals surface area contributed by atoms with Crippen LogP contribution in [0.15, 0.2) is 42.5 Å². The molecule has 0 unspecified atom stereocenters. The maximum Gasteiger partial charge on any atom is 0.233 e. The molecule has 0 aliphatic rings. The number of benzene rings is 2. The van der Waals surface area contributed by atoms with E-state index in [0.717, 1.165) is 46.9 Å².